The zero-order valence-electron chi connectivity index (χ0n) is 30.3. The standard InChI is InChI=1S/C42H39ClN4O5S/c1-20-27-17-21(43)11-16-32(27)53-36(20)30-19-33(45(6)44-30)46-38(50)29-18-28-25(12-13-26-34(28)39(51)47(37(26)49)41(2,3)4)35(42(29,5)40(46)52)24-14-15-31(48)23-10-8-7-9-22(23)24/h7-12,14-17,19,26,28-29,34-35,48H,13,18H2,1-6H3/t26-,28+,29-,34-,35-,42+/m0/s1. The highest BCUT2D eigenvalue weighted by molar-refractivity contribution is 7.22. The number of hydrogen-bond donors (Lipinski definition) is 1. The number of phenolic OH excluding ortho intramolecular Hbond substituents is 1. The van der Waals surface area contributed by atoms with Gasteiger partial charge in [0.25, 0.3) is 0 Å². The van der Waals surface area contributed by atoms with Gasteiger partial charge in [0.05, 0.1) is 28.0 Å². The van der Waals surface area contributed by atoms with Gasteiger partial charge in [-0.1, -0.05) is 53.6 Å². The number of benzene rings is 3. The number of imide groups is 2. The molecule has 270 valence electrons. The molecule has 2 saturated heterocycles. The summed E-state index contributed by atoms with van der Waals surface area (Å²) < 4.78 is 2.65. The van der Waals surface area contributed by atoms with Crippen molar-refractivity contribution in [3.8, 4) is 16.3 Å². The smallest absolute Gasteiger partial charge is 0.242 e. The first-order chi connectivity index (χ1) is 25.1. The molecule has 0 spiro atoms. The van der Waals surface area contributed by atoms with Crippen molar-refractivity contribution in [3.05, 3.63) is 88.5 Å². The Balaban J connectivity index is 1.21. The topological polar surface area (TPSA) is 113 Å². The number of rotatable bonds is 3. The quantitative estimate of drug-likeness (QED) is 0.147. The molecule has 5 aromatic rings. The molecule has 2 aromatic heterocycles. The third-order valence-electron chi connectivity index (χ3n) is 12.4. The maximum atomic E-state index is 15.3. The van der Waals surface area contributed by atoms with Crippen LogP contribution in [0.1, 0.15) is 57.6 Å². The van der Waals surface area contributed by atoms with E-state index < -0.39 is 40.5 Å². The Labute approximate surface area is 315 Å². The molecule has 4 amide bonds. The molecule has 53 heavy (non-hydrogen) atoms. The number of aromatic nitrogens is 2. The minimum atomic E-state index is -1.24. The molecular weight excluding hydrogens is 708 g/mol. The molecule has 9 nitrogen and oxygen atoms in total. The van der Waals surface area contributed by atoms with Gasteiger partial charge in [0.2, 0.25) is 23.6 Å². The second kappa shape index (κ2) is 11.4. The van der Waals surface area contributed by atoms with E-state index in [1.54, 1.807) is 29.1 Å². The number of carbonyl (C=O) groups excluding carboxylic acids is 4. The molecule has 2 aliphatic heterocycles. The van der Waals surface area contributed by atoms with Crippen molar-refractivity contribution < 1.29 is 24.3 Å². The lowest BCUT2D eigenvalue weighted by Crippen LogP contribution is -2.49. The van der Waals surface area contributed by atoms with Crippen LogP contribution in [0.3, 0.4) is 0 Å². The highest BCUT2D eigenvalue weighted by Crippen LogP contribution is 2.64. The minimum Gasteiger partial charge on any atom is -0.507 e. The number of likely N-dealkylation sites (tertiary alicyclic amines) is 1. The van der Waals surface area contributed by atoms with Crippen LogP contribution in [0.2, 0.25) is 5.02 Å². The Morgan fingerprint density at radius 2 is 1.66 bits per heavy atom. The predicted octanol–water partition coefficient (Wildman–Crippen LogP) is 8.15. The molecule has 11 heteroatoms. The zero-order chi connectivity index (χ0) is 37.5. The van der Waals surface area contributed by atoms with Crippen LogP contribution < -0.4 is 4.90 Å². The van der Waals surface area contributed by atoms with E-state index in [2.05, 4.69) is 6.08 Å². The number of fused-ring (bicyclic) bond motifs is 6. The molecule has 0 unspecified atom stereocenters. The molecule has 1 N–H and O–H groups in total. The third-order valence-corrected chi connectivity index (χ3v) is 13.9. The summed E-state index contributed by atoms with van der Waals surface area (Å²) in [6.45, 7) is 9.50. The molecule has 0 bridgehead atoms. The van der Waals surface area contributed by atoms with Crippen LogP contribution in [0.5, 0.6) is 5.75 Å². The lowest BCUT2D eigenvalue weighted by atomic mass is 9.51. The molecule has 2 aliphatic carbocycles. The number of amides is 4. The van der Waals surface area contributed by atoms with Crippen molar-refractivity contribution >= 4 is 73.2 Å². The van der Waals surface area contributed by atoms with Crippen LogP contribution in [0.15, 0.2) is 72.3 Å². The molecule has 9 rings (SSSR count). The number of aromatic hydroxyl groups is 1. The van der Waals surface area contributed by atoms with Gasteiger partial charge in [0, 0.05) is 39.7 Å². The van der Waals surface area contributed by atoms with Gasteiger partial charge in [0.1, 0.15) is 17.3 Å². The van der Waals surface area contributed by atoms with E-state index in [0.717, 1.165) is 37.0 Å². The first-order valence-corrected chi connectivity index (χ1v) is 19.2. The average Bonchev–Trinajstić information content (AvgIpc) is 3.78. The molecule has 6 atom stereocenters. The highest BCUT2D eigenvalue weighted by atomic mass is 35.5. The largest absolute Gasteiger partial charge is 0.507 e. The Morgan fingerprint density at radius 1 is 0.925 bits per heavy atom. The van der Waals surface area contributed by atoms with E-state index in [1.807, 2.05) is 89.2 Å². The fourth-order valence-corrected chi connectivity index (χ4v) is 11.3. The van der Waals surface area contributed by atoms with Crippen LogP contribution in [-0.4, -0.2) is 49.0 Å². The molecule has 4 aliphatic rings. The number of nitrogens with zero attached hydrogens (tertiary/aromatic N) is 4. The van der Waals surface area contributed by atoms with E-state index in [1.165, 1.54) is 9.80 Å². The van der Waals surface area contributed by atoms with E-state index in [-0.39, 0.29) is 35.8 Å². The van der Waals surface area contributed by atoms with Gasteiger partial charge in [-0.2, -0.15) is 5.10 Å². The molecule has 1 saturated carbocycles. The molecule has 4 heterocycles. The van der Waals surface area contributed by atoms with Gasteiger partial charge in [0.15, 0.2) is 0 Å². The number of halogens is 1. The van der Waals surface area contributed by atoms with Gasteiger partial charge in [-0.3, -0.25) is 28.8 Å². The second-order valence-corrected chi connectivity index (χ2v) is 17.8. The van der Waals surface area contributed by atoms with Gasteiger partial charge in [-0.05, 0) is 99.5 Å². The molecule has 3 fully saturated rings. The van der Waals surface area contributed by atoms with Gasteiger partial charge in [-0.15, -0.1) is 11.3 Å². The van der Waals surface area contributed by atoms with Crippen LogP contribution in [-0.2, 0) is 26.2 Å². The van der Waals surface area contributed by atoms with Gasteiger partial charge in [-0.25, -0.2) is 4.90 Å². The number of thiophene rings is 1. The molecule has 3 aromatic carbocycles. The SMILES string of the molecule is Cc1c(-c2cc(N3C(=O)[C@@H]4C[C@@H]5C(=CC[C@@H]6C(=O)N(C(C)(C)C)C(=O)[C@@H]65)[C@H](c5ccc(O)c6ccccc56)[C@]4(C)C3=O)n(C)n2)sc2ccc(Cl)cc12. The summed E-state index contributed by atoms with van der Waals surface area (Å²) >= 11 is 7.91. The maximum absolute atomic E-state index is 15.3. The Morgan fingerprint density at radius 3 is 2.40 bits per heavy atom. The zero-order valence-corrected chi connectivity index (χ0v) is 31.9. The Hall–Kier alpha value is -4.80. The molecule has 0 radical (unpaired) electrons. The lowest BCUT2D eigenvalue weighted by molar-refractivity contribution is -0.145. The average molecular weight is 747 g/mol. The fraction of sp³-hybridized carbons (Fsp3) is 0.357. The summed E-state index contributed by atoms with van der Waals surface area (Å²) in [6, 6.07) is 18.6. The minimum absolute atomic E-state index is 0.116. The second-order valence-electron chi connectivity index (χ2n) is 16.3. The number of carbonyl (C=O) groups is 4. The van der Waals surface area contributed by atoms with Crippen LogP contribution in [0, 0.1) is 36.0 Å². The van der Waals surface area contributed by atoms with Gasteiger partial charge >= 0.3 is 0 Å². The summed E-state index contributed by atoms with van der Waals surface area (Å²) in [5, 5.41) is 18.8. The van der Waals surface area contributed by atoms with Crippen molar-refractivity contribution in [1.82, 2.24) is 14.7 Å². The number of phenols is 1. The fourth-order valence-electron chi connectivity index (χ4n) is 10.0. The van der Waals surface area contributed by atoms with Crippen molar-refractivity contribution in [2.45, 2.75) is 58.9 Å². The van der Waals surface area contributed by atoms with E-state index >= 15 is 4.79 Å². The van der Waals surface area contributed by atoms with Crippen molar-refractivity contribution in [1.29, 1.82) is 0 Å². The number of hydrogen-bond acceptors (Lipinski definition) is 7. The van der Waals surface area contributed by atoms with Crippen LogP contribution in [0.4, 0.5) is 5.82 Å². The number of aryl methyl sites for hydroxylation is 2. The van der Waals surface area contributed by atoms with E-state index in [9.17, 15) is 19.5 Å². The Bertz CT molecular complexity index is 2510. The van der Waals surface area contributed by atoms with Crippen molar-refractivity contribution in [2.24, 2.45) is 36.1 Å². The lowest BCUT2D eigenvalue weighted by Gasteiger charge is -2.49. The number of allylic oxidation sites excluding steroid dienone is 2. The summed E-state index contributed by atoms with van der Waals surface area (Å²) in [5.41, 5.74) is 1.44. The van der Waals surface area contributed by atoms with E-state index in [4.69, 9.17) is 16.7 Å². The van der Waals surface area contributed by atoms with Gasteiger partial charge < -0.3 is 5.11 Å². The van der Waals surface area contributed by atoms with Crippen molar-refractivity contribution in [3.63, 3.8) is 0 Å². The first kappa shape index (κ1) is 34.0. The van der Waals surface area contributed by atoms with Crippen LogP contribution >= 0.6 is 22.9 Å². The maximum Gasteiger partial charge on any atom is 0.242 e. The Kier molecular flexibility index (Phi) is 7.28. The third kappa shape index (κ3) is 4.57. The van der Waals surface area contributed by atoms with E-state index in [0.29, 0.717) is 28.3 Å². The van der Waals surface area contributed by atoms with Crippen molar-refractivity contribution in [2.75, 3.05) is 4.90 Å². The summed E-state index contributed by atoms with van der Waals surface area (Å²) in [7, 11) is 1.74. The normalized spacial score (nSPS) is 27.2. The van der Waals surface area contributed by atoms with Crippen LogP contribution in [0.25, 0.3) is 31.4 Å². The predicted molar refractivity (Wildman–Crippen MR) is 206 cm³/mol. The summed E-state index contributed by atoms with van der Waals surface area (Å²) in [6.07, 6.45) is 2.70. The highest BCUT2D eigenvalue weighted by Gasteiger charge is 2.68. The first-order valence-electron chi connectivity index (χ1n) is 18.0. The summed E-state index contributed by atoms with van der Waals surface area (Å²) in [4.78, 5) is 62.0. The summed E-state index contributed by atoms with van der Waals surface area (Å²) in [5.74, 6) is -3.58. The number of anilines is 1. The monoisotopic (exact) mass is 746 g/mol. The molecular formula is C42H39ClN4O5S.